The fraction of sp³-hybridized carbons (Fsp3) is 0.321. The molecular formula is C28H29NO7. The number of nitrogens with one attached hydrogen (secondary N) is 1. The lowest BCUT2D eigenvalue weighted by atomic mass is 9.96. The van der Waals surface area contributed by atoms with Crippen molar-refractivity contribution in [2.45, 2.75) is 50.1 Å². The van der Waals surface area contributed by atoms with E-state index in [1.54, 1.807) is 0 Å². The topological polar surface area (TPSA) is 95.5 Å². The Morgan fingerprint density at radius 1 is 0.861 bits per heavy atom. The smallest absolute Gasteiger partial charge is 0.407 e. The van der Waals surface area contributed by atoms with Gasteiger partial charge in [-0.15, -0.1) is 0 Å². The monoisotopic (exact) mass is 491 g/mol. The summed E-state index contributed by atoms with van der Waals surface area (Å²) in [6, 6.07) is 27.5. The Labute approximate surface area is 209 Å². The Hall–Kier alpha value is -3.27. The molecule has 2 aliphatic heterocycles. The van der Waals surface area contributed by atoms with Crippen molar-refractivity contribution in [3.05, 3.63) is 108 Å². The predicted octanol–water partition coefficient (Wildman–Crippen LogP) is 3.70. The molecule has 2 heterocycles. The molecule has 188 valence electrons. The van der Waals surface area contributed by atoms with E-state index in [4.69, 9.17) is 23.7 Å². The minimum atomic E-state index is -1.12. The predicted molar refractivity (Wildman–Crippen MR) is 129 cm³/mol. The van der Waals surface area contributed by atoms with Crippen LogP contribution in [0, 0.1) is 0 Å². The molecule has 0 unspecified atom stereocenters. The van der Waals surface area contributed by atoms with Crippen molar-refractivity contribution in [2.75, 3.05) is 6.61 Å². The highest BCUT2D eigenvalue weighted by Crippen LogP contribution is 2.34. The standard InChI is InChI=1S/C28H29NO7/c30-24-23(29-28(31)34-17-20-12-6-2-7-13-20)27(32-16-19-10-4-1-5-11-19)35-22-18-33-26(36-25(22)24)21-14-8-3-9-15-21/h1-15,22-27,30H,16-18H2,(H,29,31)/t22-,23-,24-,25-,26+,27+/m1/s1. The van der Waals surface area contributed by atoms with Crippen molar-refractivity contribution in [3.63, 3.8) is 0 Å². The van der Waals surface area contributed by atoms with Crippen molar-refractivity contribution >= 4 is 6.09 Å². The molecular weight excluding hydrogens is 462 g/mol. The summed E-state index contributed by atoms with van der Waals surface area (Å²) in [5.74, 6) is 0. The fourth-order valence-corrected chi connectivity index (χ4v) is 4.32. The number of amides is 1. The second-order valence-corrected chi connectivity index (χ2v) is 8.74. The molecule has 5 rings (SSSR count). The molecule has 2 saturated heterocycles. The molecule has 6 atom stereocenters. The van der Waals surface area contributed by atoms with Gasteiger partial charge in [-0.1, -0.05) is 91.0 Å². The first kappa shape index (κ1) is 24.4. The normalized spacial score (nSPS) is 27.6. The number of alkyl carbamates (subject to hydrolysis) is 1. The number of aliphatic hydroxyl groups excluding tert-OH is 1. The van der Waals surface area contributed by atoms with Crippen molar-refractivity contribution in [3.8, 4) is 0 Å². The zero-order chi connectivity index (χ0) is 24.7. The van der Waals surface area contributed by atoms with Crippen LogP contribution >= 0.6 is 0 Å². The average Bonchev–Trinajstić information content (AvgIpc) is 2.94. The number of carbonyl (C=O) groups is 1. The first-order valence-corrected chi connectivity index (χ1v) is 12.0. The van der Waals surface area contributed by atoms with Crippen LogP contribution in [0.5, 0.6) is 0 Å². The van der Waals surface area contributed by atoms with Crippen LogP contribution in [0.2, 0.25) is 0 Å². The van der Waals surface area contributed by atoms with E-state index in [0.29, 0.717) is 0 Å². The lowest BCUT2D eigenvalue weighted by Gasteiger charge is -2.47. The zero-order valence-corrected chi connectivity index (χ0v) is 19.6. The summed E-state index contributed by atoms with van der Waals surface area (Å²) in [6.07, 6.45) is -4.71. The third-order valence-corrected chi connectivity index (χ3v) is 6.19. The highest BCUT2D eigenvalue weighted by atomic mass is 16.7. The molecule has 2 N–H and O–H groups in total. The largest absolute Gasteiger partial charge is 0.445 e. The second-order valence-electron chi connectivity index (χ2n) is 8.74. The third-order valence-electron chi connectivity index (χ3n) is 6.19. The van der Waals surface area contributed by atoms with Crippen LogP contribution in [0.15, 0.2) is 91.0 Å². The summed E-state index contributed by atoms with van der Waals surface area (Å²) in [4.78, 5) is 12.7. The number of benzene rings is 3. The molecule has 36 heavy (non-hydrogen) atoms. The quantitative estimate of drug-likeness (QED) is 0.520. The highest BCUT2D eigenvalue weighted by molar-refractivity contribution is 5.67. The molecule has 8 heteroatoms. The van der Waals surface area contributed by atoms with Crippen LogP contribution in [-0.4, -0.2) is 48.5 Å². The van der Waals surface area contributed by atoms with Gasteiger partial charge in [-0.3, -0.25) is 0 Å². The Morgan fingerprint density at radius 3 is 2.14 bits per heavy atom. The van der Waals surface area contributed by atoms with Gasteiger partial charge in [0.15, 0.2) is 12.6 Å². The Kier molecular flexibility index (Phi) is 7.90. The number of fused-ring (bicyclic) bond motifs is 1. The molecule has 0 aromatic heterocycles. The van der Waals surface area contributed by atoms with Crippen molar-refractivity contribution < 1.29 is 33.6 Å². The minimum absolute atomic E-state index is 0.0956. The maximum absolute atomic E-state index is 12.7. The fourth-order valence-electron chi connectivity index (χ4n) is 4.32. The molecule has 3 aromatic rings. The molecule has 0 aliphatic carbocycles. The third kappa shape index (κ3) is 5.92. The summed E-state index contributed by atoms with van der Waals surface area (Å²) >= 11 is 0. The van der Waals surface area contributed by atoms with Crippen LogP contribution in [0.1, 0.15) is 23.0 Å². The van der Waals surface area contributed by atoms with Gasteiger partial charge in [-0.2, -0.15) is 0 Å². The molecule has 3 aromatic carbocycles. The summed E-state index contributed by atoms with van der Waals surface area (Å²) in [7, 11) is 0. The molecule has 2 aliphatic rings. The lowest BCUT2D eigenvalue weighted by molar-refractivity contribution is -0.345. The Bertz CT molecular complexity index is 1100. The van der Waals surface area contributed by atoms with Gasteiger partial charge < -0.3 is 34.1 Å². The van der Waals surface area contributed by atoms with E-state index in [2.05, 4.69) is 5.32 Å². The number of carbonyl (C=O) groups excluding carboxylic acids is 1. The zero-order valence-electron chi connectivity index (χ0n) is 19.6. The van der Waals surface area contributed by atoms with Gasteiger partial charge in [0.05, 0.1) is 13.2 Å². The average molecular weight is 492 g/mol. The molecule has 2 fully saturated rings. The van der Waals surface area contributed by atoms with E-state index in [0.717, 1.165) is 16.7 Å². The first-order valence-electron chi connectivity index (χ1n) is 12.0. The van der Waals surface area contributed by atoms with Crippen LogP contribution in [0.3, 0.4) is 0 Å². The van der Waals surface area contributed by atoms with Crippen molar-refractivity contribution in [2.24, 2.45) is 0 Å². The molecule has 0 saturated carbocycles. The molecule has 0 spiro atoms. The van der Waals surface area contributed by atoms with Crippen molar-refractivity contribution in [1.29, 1.82) is 0 Å². The number of hydrogen-bond acceptors (Lipinski definition) is 7. The summed E-state index contributed by atoms with van der Waals surface area (Å²) in [5.41, 5.74) is 2.62. The van der Waals surface area contributed by atoms with E-state index >= 15 is 0 Å². The summed E-state index contributed by atoms with van der Waals surface area (Å²) < 4.78 is 29.5. The lowest BCUT2D eigenvalue weighted by Crippen LogP contribution is -2.66. The van der Waals surface area contributed by atoms with Gasteiger partial charge in [0, 0.05) is 5.56 Å². The van der Waals surface area contributed by atoms with Crippen LogP contribution < -0.4 is 5.32 Å². The molecule has 0 bridgehead atoms. The Balaban J connectivity index is 1.28. The molecule has 8 nitrogen and oxygen atoms in total. The summed E-state index contributed by atoms with van der Waals surface area (Å²) in [6.45, 7) is 0.539. The van der Waals surface area contributed by atoms with Gasteiger partial charge in [0.25, 0.3) is 0 Å². The molecule has 1 amide bonds. The number of aliphatic hydroxyl groups is 1. The van der Waals surface area contributed by atoms with Crippen LogP contribution in [-0.2, 0) is 36.9 Å². The maximum atomic E-state index is 12.7. The highest BCUT2D eigenvalue weighted by Gasteiger charge is 2.50. The minimum Gasteiger partial charge on any atom is -0.445 e. The van der Waals surface area contributed by atoms with Gasteiger partial charge >= 0.3 is 6.09 Å². The van der Waals surface area contributed by atoms with E-state index in [1.807, 2.05) is 91.0 Å². The van der Waals surface area contributed by atoms with Crippen molar-refractivity contribution in [1.82, 2.24) is 5.32 Å². The van der Waals surface area contributed by atoms with Crippen LogP contribution in [0.4, 0.5) is 4.79 Å². The number of rotatable bonds is 7. The molecule has 0 radical (unpaired) electrons. The van der Waals surface area contributed by atoms with Gasteiger partial charge in [0.2, 0.25) is 0 Å². The van der Waals surface area contributed by atoms with E-state index in [9.17, 15) is 9.90 Å². The van der Waals surface area contributed by atoms with E-state index in [1.165, 1.54) is 0 Å². The number of ether oxygens (including phenoxy) is 5. The van der Waals surface area contributed by atoms with Gasteiger partial charge in [0.1, 0.15) is 31.0 Å². The first-order chi connectivity index (χ1) is 17.7. The Morgan fingerprint density at radius 2 is 1.47 bits per heavy atom. The van der Waals surface area contributed by atoms with E-state index < -0.39 is 43.0 Å². The van der Waals surface area contributed by atoms with Gasteiger partial charge in [-0.25, -0.2) is 4.79 Å². The number of hydrogen-bond donors (Lipinski definition) is 2. The van der Waals surface area contributed by atoms with Gasteiger partial charge in [-0.05, 0) is 11.1 Å². The maximum Gasteiger partial charge on any atom is 0.407 e. The van der Waals surface area contributed by atoms with E-state index in [-0.39, 0.29) is 19.8 Å². The second kappa shape index (κ2) is 11.6. The summed E-state index contributed by atoms with van der Waals surface area (Å²) in [5, 5.41) is 14.1. The van der Waals surface area contributed by atoms with Crippen LogP contribution in [0.25, 0.3) is 0 Å². The SMILES string of the molecule is O=C(N[C@H]1[C@@H](OCc2ccccc2)O[C@@H]2CO[C@H](c3ccccc3)O[C@H]2[C@@H]1O)OCc1ccccc1.